The molecule has 1 aromatic heterocycles. The lowest BCUT2D eigenvalue weighted by molar-refractivity contribution is 1.61. The summed E-state index contributed by atoms with van der Waals surface area (Å²) in [6, 6.07) is 11.3. The Kier molecular flexibility index (Phi) is 4.73. The van der Waals surface area contributed by atoms with Crippen molar-refractivity contribution in [3.05, 3.63) is 45.3 Å². The minimum absolute atomic E-state index is 0.615. The fourth-order valence-electron chi connectivity index (χ4n) is 1.30. The van der Waals surface area contributed by atoms with Crippen molar-refractivity contribution in [2.45, 2.75) is 0 Å². The zero-order chi connectivity index (χ0) is 13.8. The second-order valence-corrected chi connectivity index (χ2v) is 6.03. The third-order valence-corrected chi connectivity index (χ3v) is 3.81. The molecule has 0 amide bonds. The van der Waals surface area contributed by atoms with E-state index in [4.69, 9.17) is 11.5 Å². The molecular weight excluding hydrogens is 392 g/mol. The lowest BCUT2D eigenvalue weighted by Crippen LogP contribution is -1.92. The average molecular weight is 402 g/mol. The van der Waals surface area contributed by atoms with Gasteiger partial charge in [0, 0.05) is 8.95 Å². The van der Waals surface area contributed by atoms with E-state index in [0.717, 1.165) is 20.0 Å². The van der Waals surface area contributed by atoms with Gasteiger partial charge in [0.1, 0.15) is 11.0 Å². The third kappa shape index (κ3) is 3.89. The SMILES string of the molecule is Brc1ccc2nsnc2c1.Nc1ccc(Br)cc1N. The van der Waals surface area contributed by atoms with Gasteiger partial charge in [0.2, 0.25) is 0 Å². The summed E-state index contributed by atoms with van der Waals surface area (Å²) in [4.78, 5) is 0. The summed E-state index contributed by atoms with van der Waals surface area (Å²) in [5.41, 5.74) is 14.1. The van der Waals surface area contributed by atoms with Crippen LogP contribution in [0.25, 0.3) is 11.0 Å². The number of anilines is 2. The summed E-state index contributed by atoms with van der Waals surface area (Å²) >= 11 is 7.86. The van der Waals surface area contributed by atoms with Crippen molar-refractivity contribution >= 4 is 66.0 Å². The van der Waals surface area contributed by atoms with Crippen LogP contribution >= 0.6 is 43.6 Å². The van der Waals surface area contributed by atoms with Gasteiger partial charge in [-0.3, -0.25) is 0 Å². The summed E-state index contributed by atoms with van der Waals surface area (Å²) < 4.78 is 10.2. The minimum Gasteiger partial charge on any atom is -0.397 e. The first-order chi connectivity index (χ1) is 9.06. The highest BCUT2D eigenvalue weighted by atomic mass is 79.9. The summed E-state index contributed by atoms with van der Waals surface area (Å²) in [6.07, 6.45) is 0. The number of rotatable bonds is 0. The molecule has 98 valence electrons. The molecule has 19 heavy (non-hydrogen) atoms. The fourth-order valence-corrected chi connectivity index (χ4v) is 2.55. The molecule has 0 aliphatic carbocycles. The molecule has 4 nitrogen and oxygen atoms in total. The van der Waals surface area contributed by atoms with E-state index in [1.807, 2.05) is 24.3 Å². The van der Waals surface area contributed by atoms with Crippen molar-refractivity contribution in [2.75, 3.05) is 11.5 Å². The Hall–Kier alpha value is -1.18. The zero-order valence-electron chi connectivity index (χ0n) is 9.68. The normalized spacial score (nSPS) is 10.0. The summed E-state index contributed by atoms with van der Waals surface area (Å²) in [5.74, 6) is 0. The smallest absolute Gasteiger partial charge is 0.105 e. The molecule has 3 aromatic rings. The fraction of sp³-hybridized carbons (Fsp3) is 0. The second-order valence-electron chi connectivity index (χ2n) is 3.67. The third-order valence-electron chi connectivity index (χ3n) is 2.26. The van der Waals surface area contributed by atoms with Crippen LogP contribution in [-0.4, -0.2) is 8.75 Å². The molecule has 3 rings (SSSR count). The second kappa shape index (κ2) is 6.31. The number of nitrogens with zero attached hydrogens (tertiary/aromatic N) is 2. The predicted molar refractivity (Wildman–Crippen MR) is 88.1 cm³/mol. The molecule has 2 aromatic carbocycles. The molecule has 4 N–H and O–H groups in total. The maximum Gasteiger partial charge on any atom is 0.105 e. The van der Waals surface area contributed by atoms with Gasteiger partial charge < -0.3 is 11.5 Å². The lowest BCUT2D eigenvalue weighted by atomic mass is 10.3. The first kappa shape index (κ1) is 14.2. The molecule has 1 heterocycles. The highest BCUT2D eigenvalue weighted by Crippen LogP contribution is 2.19. The van der Waals surface area contributed by atoms with E-state index in [-0.39, 0.29) is 0 Å². The highest BCUT2D eigenvalue weighted by Gasteiger charge is 1.96. The molecule has 0 atom stereocenters. The van der Waals surface area contributed by atoms with Crippen LogP contribution in [0, 0.1) is 0 Å². The Bertz CT molecular complexity index is 699. The number of halogens is 2. The Morgan fingerprint density at radius 3 is 2.11 bits per heavy atom. The Balaban J connectivity index is 0.000000141. The molecular formula is C12H10Br2N4S. The van der Waals surface area contributed by atoms with Crippen molar-refractivity contribution in [1.29, 1.82) is 0 Å². The summed E-state index contributed by atoms with van der Waals surface area (Å²) in [7, 11) is 0. The number of fused-ring (bicyclic) bond motifs is 1. The van der Waals surface area contributed by atoms with Crippen LogP contribution in [0.4, 0.5) is 11.4 Å². The van der Waals surface area contributed by atoms with Gasteiger partial charge in [-0.25, -0.2) is 0 Å². The molecule has 0 radical (unpaired) electrons. The van der Waals surface area contributed by atoms with Crippen LogP contribution in [0.5, 0.6) is 0 Å². The predicted octanol–water partition coefficient (Wildman–Crippen LogP) is 4.07. The molecule has 0 fully saturated rings. The maximum atomic E-state index is 5.47. The topological polar surface area (TPSA) is 77.8 Å². The minimum atomic E-state index is 0.615. The average Bonchev–Trinajstić information content (AvgIpc) is 2.82. The van der Waals surface area contributed by atoms with Crippen LogP contribution < -0.4 is 11.5 Å². The highest BCUT2D eigenvalue weighted by molar-refractivity contribution is 9.10. The van der Waals surface area contributed by atoms with E-state index in [9.17, 15) is 0 Å². The van der Waals surface area contributed by atoms with Gasteiger partial charge in [-0.2, -0.15) is 8.75 Å². The number of nitrogen functional groups attached to an aromatic ring is 2. The van der Waals surface area contributed by atoms with Crippen LogP contribution in [0.3, 0.4) is 0 Å². The number of aromatic nitrogens is 2. The molecule has 0 spiro atoms. The molecule has 0 unspecified atom stereocenters. The van der Waals surface area contributed by atoms with Crippen LogP contribution in [-0.2, 0) is 0 Å². The van der Waals surface area contributed by atoms with Crippen molar-refractivity contribution in [1.82, 2.24) is 8.75 Å². The van der Waals surface area contributed by atoms with Gasteiger partial charge in [-0.15, -0.1) is 0 Å². The number of nitrogens with two attached hydrogens (primary N) is 2. The van der Waals surface area contributed by atoms with Gasteiger partial charge in [0.15, 0.2) is 0 Å². The molecule has 0 aliphatic rings. The largest absolute Gasteiger partial charge is 0.397 e. The Labute approximate surface area is 131 Å². The molecule has 0 aliphatic heterocycles. The summed E-state index contributed by atoms with van der Waals surface area (Å²) in [6.45, 7) is 0. The Morgan fingerprint density at radius 1 is 0.789 bits per heavy atom. The van der Waals surface area contributed by atoms with Crippen molar-refractivity contribution < 1.29 is 0 Å². The first-order valence-electron chi connectivity index (χ1n) is 5.24. The summed E-state index contributed by atoms with van der Waals surface area (Å²) in [5, 5.41) is 0. The van der Waals surface area contributed by atoms with Gasteiger partial charge in [-0.05, 0) is 36.4 Å². The van der Waals surface area contributed by atoms with Crippen LogP contribution in [0.1, 0.15) is 0 Å². The quantitative estimate of drug-likeness (QED) is 0.556. The number of benzene rings is 2. The zero-order valence-corrected chi connectivity index (χ0v) is 13.7. The van der Waals surface area contributed by atoms with Gasteiger partial charge >= 0.3 is 0 Å². The molecule has 0 saturated carbocycles. The molecule has 7 heteroatoms. The van der Waals surface area contributed by atoms with Gasteiger partial charge in [0.25, 0.3) is 0 Å². The van der Waals surface area contributed by atoms with E-state index < -0.39 is 0 Å². The maximum absolute atomic E-state index is 5.47. The van der Waals surface area contributed by atoms with E-state index in [1.54, 1.807) is 12.1 Å². The van der Waals surface area contributed by atoms with Gasteiger partial charge in [-0.1, -0.05) is 31.9 Å². The Morgan fingerprint density at radius 2 is 1.42 bits per heavy atom. The van der Waals surface area contributed by atoms with Gasteiger partial charge in [0.05, 0.1) is 23.1 Å². The van der Waals surface area contributed by atoms with E-state index in [2.05, 4.69) is 40.6 Å². The standard InChI is InChI=1S/C6H3BrN2S.C6H7BrN2/c7-4-1-2-5-6(3-4)9-10-8-5;7-4-1-2-5(8)6(9)3-4/h1-3H;1-3H,8-9H2. The van der Waals surface area contributed by atoms with Crippen LogP contribution in [0.2, 0.25) is 0 Å². The monoisotopic (exact) mass is 400 g/mol. The van der Waals surface area contributed by atoms with E-state index in [0.29, 0.717) is 11.4 Å². The van der Waals surface area contributed by atoms with Crippen molar-refractivity contribution in [2.24, 2.45) is 0 Å². The van der Waals surface area contributed by atoms with Crippen molar-refractivity contribution in [3.63, 3.8) is 0 Å². The van der Waals surface area contributed by atoms with Crippen molar-refractivity contribution in [3.8, 4) is 0 Å². The first-order valence-corrected chi connectivity index (χ1v) is 7.56. The lowest BCUT2D eigenvalue weighted by Gasteiger charge is -1.97. The van der Waals surface area contributed by atoms with Crippen LogP contribution in [0.15, 0.2) is 45.3 Å². The van der Waals surface area contributed by atoms with E-state index in [1.165, 1.54) is 11.7 Å². The number of hydrogen-bond acceptors (Lipinski definition) is 5. The number of hydrogen-bond donors (Lipinski definition) is 2. The molecule has 0 bridgehead atoms. The molecule has 0 saturated heterocycles. The van der Waals surface area contributed by atoms with E-state index >= 15 is 0 Å².